The molecule has 7 nitrogen and oxygen atoms in total. The fourth-order valence-electron chi connectivity index (χ4n) is 3.60. The van der Waals surface area contributed by atoms with Gasteiger partial charge in [-0.05, 0) is 48.7 Å². The Kier molecular flexibility index (Phi) is 5.60. The minimum Gasteiger partial charge on any atom is -0.334 e. The van der Waals surface area contributed by atoms with Gasteiger partial charge in [-0.3, -0.25) is 9.78 Å². The molecule has 1 aliphatic heterocycles. The zero-order valence-electron chi connectivity index (χ0n) is 15.8. The third kappa shape index (κ3) is 4.02. The SMILES string of the molecule is Cl.O=C(c1ccc(-c2nc(C3CC3)no2)cc1)N1CCNCC1c1cccnc1. The molecule has 3 aromatic rings. The van der Waals surface area contributed by atoms with E-state index in [2.05, 4.69) is 20.4 Å². The smallest absolute Gasteiger partial charge is 0.257 e. The monoisotopic (exact) mass is 411 g/mol. The van der Waals surface area contributed by atoms with Crippen molar-refractivity contribution in [1.29, 1.82) is 0 Å². The molecule has 1 unspecified atom stereocenters. The summed E-state index contributed by atoms with van der Waals surface area (Å²) < 4.78 is 5.37. The number of rotatable bonds is 4. The summed E-state index contributed by atoms with van der Waals surface area (Å²) in [7, 11) is 0. The molecule has 0 bridgehead atoms. The summed E-state index contributed by atoms with van der Waals surface area (Å²) in [6.07, 6.45) is 5.84. The van der Waals surface area contributed by atoms with Gasteiger partial charge in [-0.2, -0.15) is 4.98 Å². The van der Waals surface area contributed by atoms with Gasteiger partial charge in [-0.15, -0.1) is 12.4 Å². The standard InChI is InChI=1S/C21H21N5O2.ClH/c27-21(26-11-10-23-13-18(26)17-2-1-9-22-12-17)16-7-5-15(6-8-16)20-24-19(25-28-20)14-3-4-14;/h1-2,5-9,12,14,18,23H,3-4,10-11,13H2;1H. The van der Waals surface area contributed by atoms with Crippen molar-refractivity contribution in [2.24, 2.45) is 0 Å². The molecule has 1 N–H and O–H groups in total. The molecule has 1 saturated carbocycles. The van der Waals surface area contributed by atoms with Crippen LogP contribution in [0, 0.1) is 0 Å². The van der Waals surface area contributed by atoms with Crippen molar-refractivity contribution in [3.05, 3.63) is 65.7 Å². The summed E-state index contributed by atoms with van der Waals surface area (Å²) in [4.78, 5) is 23.7. The summed E-state index contributed by atoms with van der Waals surface area (Å²) >= 11 is 0. The largest absolute Gasteiger partial charge is 0.334 e. The Morgan fingerprint density at radius 3 is 2.72 bits per heavy atom. The van der Waals surface area contributed by atoms with Gasteiger partial charge < -0.3 is 14.7 Å². The number of halogens is 1. The summed E-state index contributed by atoms with van der Waals surface area (Å²) in [5.74, 6) is 1.77. The number of benzene rings is 1. The molecule has 1 aromatic carbocycles. The van der Waals surface area contributed by atoms with E-state index < -0.39 is 0 Å². The van der Waals surface area contributed by atoms with Gasteiger partial charge in [0, 0.05) is 49.1 Å². The van der Waals surface area contributed by atoms with Crippen LogP contribution in [0.15, 0.2) is 53.3 Å². The summed E-state index contributed by atoms with van der Waals surface area (Å²) in [5.41, 5.74) is 2.53. The maximum absolute atomic E-state index is 13.2. The normalized spacial score (nSPS) is 18.9. The first-order chi connectivity index (χ1) is 13.8. The van der Waals surface area contributed by atoms with Crippen molar-refractivity contribution in [2.45, 2.75) is 24.8 Å². The highest BCUT2D eigenvalue weighted by atomic mass is 35.5. The van der Waals surface area contributed by atoms with Crippen LogP contribution in [0.2, 0.25) is 0 Å². The van der Waals surface area contributed by atoms with Gasteiger partial charge in [0.15, 0.2) is 5.82 Å². The Morgan fingerprint density at radius 2 is 2.00 bits per heavy atom. The topological polar surface area (TPSA) is 84.2 Å². The van der Waals surface area contributed by atoms with Crippen LogP contribution in [0.1, 0.15) is 46.5 Å². The highest BCUT2D eigenvalue weighted by Gasteiger charge is 2.30. The molecular weight excluding hydrogens is 390 g/mol. The van der Waals surface area contributed by atoms with Gasteiger partial charge in [0.2, 0.25) is 0 Å². The van der Waals surface area contributed by atoms with E-state index in [1.54, 1.807) is 6.20 Å². The van der Waals surface area contributed by atoms with Crippen LogP contribution in [0.3, 0.4) is 0 Å². The fraction of sp³-hybridized carbons (Fsp3) is 0.333. The van der Waals surface area contributed by atoms with Gasteiger partial charge >= 0.3 is 0 Å². The summed E-state index contributed by atoms with van der Waals surface area (Å²) in [6.45, 7) is 2.17. The molecule has 0 spiro atoms. The van der Waals surface area contributed by atoms with E-state index in [-0.39, 0.29) is 24.4 Å². The second-order valence-corrected chi connectivity index (χ2v) is 7.31. The van der Waals surface area contributed by atoms with Crippen molar-refractivity contribution in [1.82, 2.24) is 25.3 Å². The molecule has 2 fully saturated rings. The zero-order chi connectivity index (χ0) is 18.9. The van der Waals surface area contributed by atoms with Gasteiger partial charge in [-0.25, -0.2) is 0 Å². The fourth-order valence-corrected chi connectivity index (χ4v) is 3.60. The number of pyridine rings is 1. The maximum Gasteiger partial charge on any atom is 0.257 e. The van der Waals surface area contributed by atoms with Crippen molar-refractivity contribution < 1.29 is 9.32 Å². The van der Waals surface area contributed by atoms with Crippen LogP contribution in [0.4, 0.5) is 0 Å². The van der Waals surface area contributed by atoms with Crippen LogP contribution in [0.25, 0.3) is 11.5 Å². The number of piperazine rings is 1. The third-order valence-corrected chi connectivity index (χ3v) is 5.34. The van der Waals surface area contributed by atoms with Crippen molar-refractivity contribution >= 4 is 18.3 Å². The molecule has 1 atom stereocenters. The summed E-state index contributed by atoms with van der Waals surface area (Å²) in [6, 6.07) is 11.3. The quantitative estimate of drug-likeness (QED) is 0.709. The Labute approximate surface area is 174 Å². The van der Waals surface area contributed by atoms with E-state index in [0.717, 1.165) is 42.9 Å². The number of nitrogens with zero attached hydrogens (tertiary/aromatic N) is 4. The maximum atomic E-state index is 13.2. The number of carbonyl (C=O) groups excluding carboxylic acids is 1. The van der Waals surface area contributed by atoms with Crippen LogP contribution >= 0.6 is 12.4 Å². The highest BCUT2D eigenvalue weighted by Crippen LogP contribution is 2.38. The molecule has 2 aliphatic rings. The van der Waals surface area contributed by atoms with E-state index in [9.17, 15) is 4.79 Å². The molecule has 8 heteroatoms. The average molecular weight is 412 g/mol. The third-order valence-electron chi connectivity index (χ3n) is 5.34. The van der Waals surface area contributed by atoms with E-state index in [1.807, 2.05) is 47.5 Å². The van der Waals surface area contributed by atoms with Crippen LogP contribution in [0.5, 0.6) is 0 Å². The predicted octanol–water partition coefficient (Wildman–Crippen LogP) is 3.22. The second kappa shape index (κ2) is 8.31. The molecule has 5 rings (SSSR count). The Balaban J connectivity index is 0.00000205. The molecule has 2 aromatic heterocycles. The minimum atomic E-state index is -0.0216. The van der Waals surface area contributed by atoms with Gasteiger partial charge in [0.1, 0.15) is 0 Å². The van der Waals surface area contributed by atoms with Crippen LogP contribution in [-0.2, 0) is 0 Å². The lowest BCUT2D eigenvalue weighted by Crippen LogP contribution is -2.48. The highest BCUT2D eigenvalue weighted by molar-refractivity contribution is 5.95. The molecule has 29 heavy (non-hydrogen) atoms. The first-order valence-electron chi connectivity index (χ1n) is 9.65. The number of carbonyl (C=O) groups is 1. The number of aromatic nitrogens is 3. The average Bonchev–Trinajstić information content (AvgIpc) is 3.50. The Hall–Kier alpha value is -2.77. The van der Waals surface area contributed by atoms with E-state index in [1.165, 1.54) is 0 Å². The molecule has 1 amide bonds. The lowest BCUT2D eigenvalue weighted by atomic mass is 10.0. The van der Waals surface area contributed by atoms with Gasteiger partial charge in [-0.1, -0.05) is 11.2 Å². The molecule has 0 radical (unpaired) electrons. The lowest BCUT2D eigenvalue weighted by molar-refractivity contribution is 0.0634. The molecular formula is C21H22ClN5O2. The van der Waals surface area contributed by atoms with Crippen molar-refractivity contribution in [2.75, 3.05) is 19.6 Å². The molecule has 3 heterocycles. The Bertz CT molecular complexity index is 972. The van der Waals surface area contributed by atoms with Gasteiger partial charge in [0.25, 0.3) is 11.8 Å². The van der Waals surface area contributed by atoms with E-state index in [0.29, 0.717) is 23.9 Å². The zero-order valence-corrected chi connectivity index (χ0v) is 16.6. The molecule has 150 valence electrons. The van der Waals surface area contributed by atoms with E-state index >= 15 is 0 Å². The van der Waals surface area contributed by atoms with Gasteiger partial charge in [0.05, 0.1) is 6.04 Å². The number of nitrogens with one attached hydrogen (secondary N) is 1. The predicted molar refractivity (Wildman–Crippen MR) is 110 cm³/mol. The number of amides is 1. The van der Waals surface area contributed by atoms with Crippen molar-refractivity contribution in [3.63, 3.8) is 0 Å². The van der Waals surface area contributed by atoms with Crippen LogP contribution in [-0.4, -0.2) is 45.6 Å². The Morgan fingerprint density at radius 1 is 1.17 bits per heavy atom. The lowest BCUT2D eigenvalue weighted by Gasteiger charge is -2.36. The van der Waals surface area contributed by atoms with Crippen LogP contribution < -0.4 is 5.32 Å². The number of hydrogen-bond acceptors (Lipinski definition) is 6. The van der Waals surface area contributed by atoms with E-state index in [4.69, 9.17) is 4.52 Å². The first kappa shape index (κ1) is 19.5. The minimum absolute atomic E-state index is 0. The number of hydrogen-bond donors (Lipinski definition) is 1. The first-order valence-corrected chi connectivity index (χ1v) is 9.65. The second-order valence-electron chi connectivity index (χ2n) is 7.31. The van der Waals surface area contributed by atoms with Crippen molar-refractivity contribution in [3.8, 4) is 11.5 Å². The molecule has 1 aliphatic carbocycles. The molecule has 1 saturated heterocycles. The summed E-state index contributed by atoms with van der Waals surface area (Å²) in [5, 5.41) is 7.42.